The van der Waals surface area contributed by atoms with Crippen molar-refractivity contribution in [3.8, 4) is 5.88 Å². The number of hydrogen-bond donors (Lipinski definition) is 5. The summed E-state index contributed by atoms with van der Waals surface area (Å²) in [4.78, 5) is 26.4. The first-order chi connectivity index (χ1) is 12.6. The van der Waals surface area contributed by atoms with E-state index in [4.69, 9.17) is 21.0 Å². The van der Waals surface area contributed by atoms with Crippen LogP contribution in [0, 0.1) is 5.41 Å². The van der Waals surface area contributed by atoms with E-state index in [1.54, 1.807) is 6.07 Å². The molecule has 0 radical (unpaired) electrons. The first kappa shape index (κ1) is 19.3. The van der Waals surface area contributed by atoms with E-state index in [9.17, 15) is 4.79 Å². The molecule has 0 amide bonds. The van der Waals surface area contributed by atoms with Crippen LogP contribution < -0.4 is 15.8 Å². The monoisotopic (exact) mass is 421 g/mol. The van der Waals surface area contributed by atoms with Crippen molar-refractivity contribution in [2.24, 2.45) is 0 Å². The van der Waals surface area contributed by atoms with Gasteiger partial charge in [-0.05, 0) is 22.0 Å². The number of halogens is 1. The zero-order valence-electron chi connectivity index (χ0n) is 13.9. The van der Waals surface area contributed by atoms with E-state index < -0.39 is 0 Å². The first-order valence-corrected chi connectivity index (χ1v) is 7.92. The second-order valence-corrected chi connectivity index (χ2v) is 5.50. The number of hydrogen-bond acceptors (Lipinski definition) is 9. The summed E-state index contributed by atoms with van der Waals surface area (Å²) in [7, 11) is 2.46. The van der Waals surface area contributed by atoms with Gasteiger partial charge in [-0.3, -0.25) is 4.79 Å². The molecule has 0 saturated carbocycles. The summed E-state index contributed by atoms with van der Waals surface area (Å²) in [5.74, 6) is 0.885. The normalized spacial score (nSPS) is 10.0. The number of aldehydes is 1. The third kappa shape index (κ3) is 3.48. The zero-order valence-corrected chi connectivity index (χ0v) is 15.5. The van der Waals surface area contributed by atoms with E-state index in [0.29, 0.717) is 44.6 Å². The molecule has 0 aliphatic heterocycles. The van der Waals surface area contributed by atoms with E-state index >= 15 is 0 Å². The van der Waals surface area contributed by atoms with Gasteiger partial charge >= 0.3 is 0 Å². The molecule has 0 fully saturated rings. The summed E-state index contributed by atoms with van der Waals surface area (Å²) in [5, 5.41) is 18.1. The highest BCUT2D eigenvalue weighted by Gasteiger charge is 2.17. The average molecular weight is 422 g/mol. The lowest BCUT2D eigenvalue weighted by atomic mass is 10.2. The molecule has 0 spiro atoms. The van der Waals surface area contributed by atoms with Gasteiger partial charge in [0.25, 0.3) is 0 Å². The smallest absolute Gasteiger partial charge is 0.239 e. The summed E-state index contributed by atoms with van der Waals surface area (Å²) in [6, 6.07) is 1.63. The minimum atomic E-state index is 0.186. The molecule has 0 aromatic carbocycles. The zero-order chi connectivity index (χ0) is 19.3. The molecule has 6 N–H and O–H groups in total. The highest BCUT2D eigenvalue weighted by atomic mass is 79.9. The maximum atomic E-state index is 11.1. The molecule has 0 atom stereocenters. The van der Waals surface area contributed by atoms with Crippen LogP contribution in [0.5, 0.6) is 5.88 Å². The van der Waals surface area contributed by atoms with E-state index in [-0.39, 0.29) is 11.7 Å². The Morgan fingerprint density at radius 2 is 2.15 bits per heavy atom. The minimum Gasteiger partial charge on any atom is -0.479 e. The van der Waals surface area contributed by atoms with Crippen molar-refractivity contribution in [1.29, 1.82) is 5.41 Å². The molecule has 3 aromatic heterocycles. The molecule has 0 unspecified atom stereocenters. The van der Waals surface area contributed by atoms with Crippen molar-refractivity contribution in [2.75, 3.05) is 25.3 Å². The van der Waals surface area contributed by atoms with Gasteiger partial charge in [-0.1, -0.05) is 0 Å². The Labute approximate surface area is 156 Å². The molecule has 10 nitrogen and oxygen atoms in total. The second kappa shape index (κ2) is 8.36. The second-order valence-electron chi connectivity index (χ2n) is 4.71. The van der Waals surface area contributed by atoms with Gasteiger partial charge in [0.1, 0.15) is 29.3 Å². The molecular formula is C15H16BrN7O3. The number of ether oxygens (including phenoxy) is 1. The fourth-order valence-corrected chi connectivity index (χ4v) is 2.76. The van der Waals surface area contributed by atoms with E-state index in [0.717, 1.165) is 13.3 Å². The van der Waals surface area contributed by atoms with Gasteiger partial charge in [0.05, 0.1) is 22.7 Å². The highest BCUT2D eigenvalue weighted by Crippen LogP contribution is 2.34. The molecule has 3 rings (SSSR count). The largest absolute Gasteiger partial charge is 0.479 e. The number of H-pyrrole nitrogens is 1. The number of nitrogens with zero attached hydrogens (tertiary/aromatic N) is 3. The molecule has 26 heavy (non-hydrogen) atoms. The molecule has 0 bridgehead atoms. The number of nitrogens with two attached hydrogens (primary N) is 1. The number of methoxy groups -OCH3 is 1. The van der Waals surface area contributed by atoms with Crippen molar-refractivity contribution >= 4 is 56.8 Å². The molecule has 3 heterocycles. The number of aliphatic hydroxyl groups excluding tert-OH is 1. The van der Waals surface area contributed by atoms with Gasteiger partial charge in [-0.2, -0.15) is 4.98 Å². The third-order valence-electron chi connectivity index (χ3n) is 3.32. The Balaban J connectivity index is 0.00000117. The van der Waals surface area contributed by atoms with Crippen LogP contribution in [-0.4, -0.2) is 51.8 Å². The number of anilines is 3. The average Bonchev–Trinajstić information content (AvgIpc) is 3.01. The Hall–Kier alpha value is -3.05. The standard InChI is InChI=1S/C14H12BrN7O2.CH4O/c1-24-14-7(2-6(3-16)11(17)22-14)20-12-9-10(15)8(4-23)21-13(9)19-5-18-12;1-2/h2-5,16H,1H3,(H2,17,22)(H2,18,19,20,21);2H,1H3. The first-order valence-electron chi connectivity index (χ1n) is 7.13. The van der Waals surface area contributed by atoms with Crippen LogP contribution in [0.15, 0.2) is 16.9 Å². The number of carbonyl (C=O) groups is 1. The number of rotatable bonds is 5. The van der Waals surface area contributed by atoms with E-state index in [1.165, 1.54) is 13.4 Å². The molecule has 11 heteroatoms. The van der Waals surface area contributed by atoms with Crippen molar-refractivity contribution in [2.45, 2.75) is 0 Å². The summed E-state index contributed by atoms with van der Waals surface area (Å²) in [6.45, 7) is 0. The van der Waals surface area contributed by atoms with E-state index in [1.807, 2.05) is 0 Å². The topological polar surface area (TPSA) is 163 Å². The van der Waals surface area contributed by atoms with Crippen LogP contribution in [0.1, 0.15) is 16.1 Å². The maximum Gasteiger partial charge on any atom is 0.239 e. The fraction of sp³-hybridized carbons (Fsp3) is 0.133. The van der Waals surface area contributed by atoms with Crippen LogP contribution in [0.4, 0.5) is 17.3 Å². The summed E-state index contributed by atoms with van der Waals surface area (Å²) in [5.41, 5.74) is 7.53. The minimum absolute atomic E-state index is 0.186. The Morgan fingerprint density at radius 3 is 2.77 bits per heavy atom. The van der Waals surface area contributed by atoms with Crippen molar-refractivity contribution in [3.63, 3.8) is 0 Å². The molecule has 0 aliphatic rings. The van der Waals surface area contributed by atoms with Gasteiger partial charge in [0.15, 0.2) is 6.29 Å². The lowest BCUT2D eigenvalue weighted by Crippen LogP contribution is -2.04. The molecule has 3 aromatic rings. The van der Waals surface area contributed by atoms with Crippen LogP contribution in [0.25, 0.3) is 11.0 Å². The molecular weight excluding hydrogens is 406 g/mol. The van der Waals surface area contributed by atoms with Gasteiger partial charge in [-0.15, -0.1) is 0 Å². The number of aromatic amines is 1. The highest BCUT2D eigenvalue weighted by molar-refractivity contribution is 9.10. The number of aliphatic hydroxyl groups is 1. The molecule has 0 saturated heterocycles. The summed E-state index contributed by atoms with van der Waals surface area (Å²) < 4.78 is 5.77. The number of pyridine rings is 1. The van der Waals surface area contributed by atoms with Gasteiger partial charge in [0.2, 0.25) is 5.88 Å². The number of nitrogen functional groups attached to an aromatic ring is 1. The van der Waals surface area contributed by atoms with Crippen LogP contribution in [-0.2, 0) is 0 Å². The SMILES string of the molecule is CO.COc1nc(N)c(C=N)cc1Nc1ncnc2[nH]c(C=O)c(Br)c12. The van der Waals surface area contributed by atoms with Crippen LogP contribution in [0.2, 0.25) is 0 Å². The lowest BCUT2D eigenvalue weighted by Gasteiger charge is -2.12. The van der Waals surface area contributed by atoms with Crippen LogP contribution >= 0.6 is 15.9 Å². The van der Waals surface area contributed by atoms with Crippen molar-refractivity contribution in [3.05, 3.63) is 28.1 Å². The third-order valence-corrected chi connectivity index (χ3v) is 4.15. The predicted molar refractivity (Wildman–Crippen MR) is 101 cm³/mol. The Morgan fingerprint density at radius 1 is 1.42 bits per heavy atom. The summed E-state index contributed by atoms with van der Waals surface area (Å²) >= 11 is 3.37. The number of nitrogens with one attached hydrogen (secondary N) is 3. The van der Waals surface area contributed by atoms with Crippen LogP contribution in [0.3, 0.4) is 0 Å². The lowest BCUT2D eigenvalue weighted by molar-refractivity contribution is 0.111. The van der Waals surface area contributed by atoms with Gasteiger partial charge in [-0.25, -0.2) is 9.97 Å². The molecule has 136 valence electrons. The fourth-order valence-electron chi connectivity index (χ4n) is 2.20. The number of fused-ring (bicyclic) bond motifs is 1. The van der Waals surface area contributed by atoms with E-state index in [2.05, 4.69) is 41.2 Å². The quantitative estimate of drug-likeness (QED) is 0.307. The summed E-state index contributed by atoms with van der Waals surface area (Å²) in [6.07, 6.45) is 3.14. The Bertz CT molecular complexity index is 958. The van der Waals surface area contributed by atoms with Crippen molar-refractivity contribution < 1.29 is 14.6 Å². The maximum absolute atomic E-state index is 11.1. The van der Waals surface area contributed by atoms with Crippen molar-refractivity contribution in [1.82, 2.24) is 19.9 Å². The van der Waals surface area contributed by atoms with Gasteiger partial charge in [0, 0.05) is 18.9 Å². The van der Waals surface area contributed by atoms with Gasteiger partial charge < -0.3 is 31.3 Å². The number of carbonyl (C=O) groups excluding carboxylic acids is 1. The molecule has 0 aliphatic carbocycles. The predicted octanol–water partition coefficient (Wildman–Crippen LogP) is 1.87. The Kier molecular flexibility index (Phi) is 6.20. The number of aromatic nitrogens is 4.